The van der Waals surface area contributed by atoms with Crippen molar-refractivity contribution in [3.05, 3.63) is 51.7 Å². The fraction of sp³-hybridized carbons (Fsp3) is 0.474. The molecule has 8 heteroatoms. The van der Waals surface area contributed by atoms with Gasteiger partial charge in [0.2, 0.25) is 11.8 Å². The number of rotatable bonds is 7. The second kappa shape index (κ2) is 8.77. The third-order valence-electron chi connectivity index (χ3n) is 5.11. The summed E-state index contributed by atoms with van der Waals surface area (Å²) in [7, 11) is 0. The van der Waals surface area contributed by atoms with Gasteiger partial charge in [0.1, 0.15) is 6.20 Å². The van der Waals surface area contributed by atoms with E-state index < -0.39 is 4.92 Å². The van der Waals surface area contributed by atoms with Gasteiger partial charge in [0.05, 0.1) is 4.92 Å². The largest absolute Gasteiger partial charge is 0.364 e. The van der Waals surface area contributed by atoms with E-state index in [-0.39, 0.29) is 17.5 Å². The summed E-state index contributed by atoms with van der Waals surface area (Å²) in [5, 5.41) is 17.6. The van der Waals surface area contributed by atoms with Crippen molar-refractivity contribution < 1.29 is 4.92 Å². The summed E-state index contributed by atoms with van der Waals surface area (Å²) >= 11 is 0. The molecule has 1 aromatic carbocycles. The van der Waals surface area contributed by atoms with Crippen LogP contribution in [0.5, 0.6) is 0 Å². The molecule has 27 heavy (non-hydrogen) atoms. The average Bonchev–Trinajstić information content (AvgIpc) is 2.67. The minimum atomic E-state index is -0.454. The number of nitrogens with two attached hydrogens (primary N) is 1. The number of hydrogen-bond acceptors (Lipinski definition) is 7. The van der Waals surface area contributed by atoms with Crippen molar-refractivity contribution in [2.75, 3.05) is 17.2 Å². The summed E-state index contributed by atoms with van der Waals surface area (Å²) in [6.07, 6.45) is 5.33. The Morgan fingerprint density at radius 2 is 1.96 bits per heavy atom. The van der Waals surface area contributed by atoms with Crippen LogP contribution in [0, 0.1) is 23.0 Å². The Morgan fingerprint density at radius 3 is 2.67 bits per heavy atom. The molecule has 0 amide bonds. The number of nitrogens with one attached hydrogen (secondary N) is 2. The summed E-state index contributed by atoms with van der Waals surface area (Å²) in [4.78, 5) is 19.3. The summed E-state index contributed by atoms with van der Waals surface area (Å²) in [5.41, 5.74) is 8.13. The van der Waals surface area contributed by atoms with Crippen molar-refractivity contribution in [3.63, 3.8) is 0 Å². The van der Waals surface area contributed by atoms with Gasteiger partial charge < -0.3 is 16.4 Å². The zero-order valence-electron chi connectivity index (χ0n) is 15.5. The van der Waals surface area contributed by atoms with Crippen LogP contribution < -0.4 is 16.4 Å². The molecule has 2 aromatic rings. The quantitative estimate of drug-likeness (QED) is 0.505. The molecule has 0 atom stereocenters. The Kier molecular flexibility index (Phi) is 6.18. The van der Waals surface area contributed by atoms with Crippen LogP contribution in [0.4, 0.5) is 17.5 Å². The molecule has 0 spiro atoms. The highest BCUT2D eigenvalue weighted by atomic mass is 16.6. The van der Waals surface area contributed by atoms with E-state index in [0.29, 0.717) is 25.0 Å². The number of nitro groups is 1. The van der Waals surface area contributed by atoms with Gasteiger partial charge in [-0.1, -0.05) is 24.3 Å². The Labute approximate surface area is 158 Å². The van der Waals surface area contributed by atoms with Crippen LogP contribution in [0.25, 0.3) is 0 Å². The van der Waals surface area contributed by atoms with Crippen LogP contribution in [0.15, 0.2) is 30.5 Å². The zero-order valence-corrected chi connectivity index (χ0v) is 15.5. The van der Waals surface area contributed by atoms with E-state index in [9.17, 15) is 10.1 Å². The third kappa shape index (κ3) is 5.13. The first-order chi connectivity index (χ1) is 13.0. The average molecular weight is 370 g/mol. The maximum Gasteiger partial charge on any atom is 0.329 e. The fourth-order valence-corrected chi connectivity index (χ4v) is 3.34. The van der Waals surface area contributed by atoms with Crippen LogP contribution in [0.2, 0.25) is 0 Å². The Bertz CT molecular complexity index is 790. The second-order valence-corrected chi connectivity index (χ2v) is 7.13. The number of aryl methyl sites for hydroxylation is 1. The van der Waals surface area contributed by atoms with Crippen molar-refractivity contribution in [1.82, 2.24) is 9.97 Å². The van der Waals surface area contributed by atoms with Gasteiger partial charge in [-0.2, -0.15) is 4.98 Å². The molecule has 1 heterocycles. The van der Waals surface area contributed by atoms with Gasteiger partial charge in [-0.05, 0) is 49.7 Å². The molecule has 8 nitrogen and oxygen atoms in total. The summed E-state index contributed by atoms with van der Waals surface area (Å²) < 4.78 is 0. The SMILES string of the molecule is Cc1ccccc1CNc1ncc([N+](=O)[O-])c(NCC2CCC(N)CC2)n1. The smallest absolute Gasteiger partial charge is 0.329 e. The standard InChI is InChI=1S/C19H26N6O2/c1-13-4-2-3-5-15(13)11-22-19-23-12-17(25(26)27)18(24-19)21-10-14-6-8-16(20)9-7-14/h2-5,12,14,16H,6-11,20H2,1H3,(H2,21,22,23,24). The summed E-state index contributed by atoms with van der Waals surface area (Å²) in [6, 6.07) is 8.31. The van der Waals surface area contributed by atoms with Crippen LogP contribution >= 0.6 is 0 Å². The molecule has 1 aliphatic carbocycles. The highest BCUT2D eigenvalue weighted by Crippen LogP contribution is 2.26. The monoisotopic (exact) mass is 370 g/mol. The second-order valence-electron chi connectivity index (χ2n) is 7.13. The van der Waals surface area contributed by atoms with Gasteiger partial charge in [-0.25, -0.2) is 4.98 Å². The molecular formula is C19H26N6O2. The van der Waals surface area contributed by atoms with Gasteiger partial charge in [-0.15, -0.1) is 0 Å². The molecule has 0 radical (unpaired) electrons. The zero-order chi connectivity index (χ0) is 19.2. The normalized spacial score (nSPS) is 19.5. The lowest BCUT2D eigenvalue weighted by molar-refractivity contribution is -0.384. The number of aromatic nitrogens is 2. The first-order valence-electron chi connectivity index (χ1n) is 9.32. The van der Waals surface area contributed by atoms with E-state index in [1.807, 2.05) is 31.2 Å². The van der Waals surface area contributed by atoms with Crippen LogP contribution in [-0.2, 0) is 6.54 Å². The first-order valence-corrected chi connectivity index (χ1v) is 9.32. The van der Waals surface area contributed by atoms with Gasteiger partial charge >= 0.3 is 5.69 Å². The molecule has 0 saturated heterocycles. The minimum absolute atomic E-state index is 0.107. The van der Waals surface area contributed by atoms with E-state index in [1.54, 1.807) is 0 Å². The Morgan fingerprint density at radius 1 is 1.22 bits per heavy atom. The predicted molar refractivity (Wildman–Crippen MR) is 106 cm³/mol. The molecule has 0 aliphatic heterocycles. The summed E-state index contributed by atoms with van der Waals surface area (Å²) in [6.45, 7) is 3.25. The number of nitrogens with zero attached hydrogens (tertiary/aromatic N) is 3. The van der Waals surface area contributed by atoms with Crippen LogP contribution in [0.3, 0.4) is 0 Å². The van der Waals surface area contributed by atoms with Crippen molar-refractivity contribution in [2.45, 2.75) is 45.2 Å². The molecule has 1 fully saturated rings. The molecule has 0 bridgehead atoms. The van der Waals surface area contributed by atoms with Crippen LogP contribution in [-0.4, -0.2) is 27.5 Å². The molecule has 3 rings (SSSR count). The maximum absolute atomic E-state index is 11.3. The van der Waals surface area contributed by atoms with E-state index >= 15 is 0 Å². The number of benzene rings is 1. The van der Waals surface area contributed by atoms with E-state index in [1.165, 1.54) is 11.8 Å². The van der Waals surface area contributed by atoms with Crippen molar-refractivity contribution >= 4 is 17.5 Å². The van der Waals surface area contributed by atoms with Gasteiger partial charge in [0.15, 0.2) is 0 Å². The molecule has 1 aromatic heterocycles. The first kappa shape index (κ1) is 19.0. The van der Waals surface area contributed by atoms with Crippen molar-refractivity contribution in [1.29, 1.82) is 0 Å². The molecule has 0 unspecified atom stereocenters. The maximum atomic E-state index is 11.3. The van der Waals surface area contributed by atoms with Gasteiger partial charge in [0.25, 0.3) is 0 Å². The van der Waals surface area contributed by atoms with Crippen molar-refractivity contribution in [3.8, 4) is 0 Å². The fourth-order valence-electron chi connectivity index (χ4n) is 3.34. The Hall–Kier alpha value is -2.74. The number of anilines is 2. The predicted octanol–water partition coefficient (Wildman–Crippen LogP) is 3.23. The van der Waals surface area contributed by atoms with Crippen molar-refractivity contribution in [2.24, 2.45) is 11.7 Å². The summed E-state index contributed by atoms with van der Waals surface area (Å²) in [5.74, 6) is 1.09. The Balaban J connectivity index is 1.67. The molecule has 4 N–H and O–H groups in total. The minimum Gasteiger partial charge on any atom is -0.364 e. The van der Waals surface area contributed by atoms with Crippen LogP contribution in [0.1, 0.15) is 36.8 Å². The highest BCUT2D eigenvalue weighted by Gasteiger charge is 2.21. The molecular weight excluding hydrogens is 344 g/mol. The molecule has 1 saturated carbocycles. The lowest BCUT2D eigenvalue weighted by Crippen LogP contribution is -2.29. The third-order valence-corrected chi connectivity index (χ3v) is 5.11. The molecule has 1 aliphatic rings. The van der Waals surface area contributed by atoms with Gasteiger partial charge in [0, 0.05) is 19.1 Å². The lowest BCUT2D eigenvalue weighted by Gasteiger charge is -2.26. The van der Waals surface area contributed by atoms with E-state index in [4.69, 9.17) is 5.73 Å². The van der Waals surface area contributed by atoms with E-state index in [0.717, 1.165) is 31.2 Å². The van der Waals surface area contributed by atoms with E-state index in [2.05, 4.69) is 20.6 Å². The molecule has 144 valence electrons. The highest BCUT2D eigenvalue weighted by molar-refractivity contribution is 5.57. The topological polar surface area (TPSA) is 119 Å². The lowest BCUT2D eigenvalue weighted by atomic mass is 9.86. The number of hydrogen-bond donors (Lipinski definition) is 3. The van der Waals surface area contributed by atoms with Gasteiger partial charge in [-0.3, -0.25) is 10.1 Å².